The number of aromatic nitrogens is 2. The Kier molecular flexibility index (Phi) is 11.1. The number of benzene rings is 1. The summed E-state index contributed by atoms with van der Waals surface area (Å²) in [5.41, 5.74) is 1.09. The summed E-state index contributed by atoms with van der Waals surface area (Å²) in [6, 6.07) is 5.76. The van der Waals surface area contributed by atoms with Crippen LogP contribution in [-0.4, -0.2) is 42.3 Å². The average Bonchev–Trinajstić information content (AvgIpc) is 3.13. The predicted molar refractivity (Wildman–Crippen MR) is 118 cm³/mol. The first-order chi connectivity index (χ1) is 12.2. The SMILES string of the molecule is CCNC(=NCCCn1ccnc1)NCCc1ccc(OC)cc1Cl.I. The van der Waals surface area contributed by atoms with Crippen LogP contribution in [-0.2, 0) is 13.0 Å². The minimum absolute atomic E-state index is 0. The smallest absolute Gasteiger partial charge is 0.191 e. The largest absolute Gasteiger partial charge is 0.497 e. The summed E-state index contributed by atoms with van der Waals surface area (Å²) < 4.78 is 7.23. The summed E-state index contributed by atoms with van der Waals surface area (Å²) in [4.78, 5) is 8.64. The van der Waals surface area contributed by atoms with Crippen LogP contribution < -0.4 is 15.4 Å². The molecular weight excluding hydrogens is 465 g/mol. The van der Waals surface area contributed by atoms with Gasteiger partial charge in [-0.25, -0.2) is 4.98 Å². The molecule has 0 spiro atoms. The molecule has 0 aliphatic carbocycles. The van der Waals surface area contributed by atoms with Crippen LogP contribution in [0.5, 0.6) is 5.75 Å². The van der Waals surface area contributed by atoms with E-state index in [1.165, 1.54) is 0 Å². The first-order valence-corrected chi connectivity index (χ1v) is 8.91. The lowest BCUT2D eigenvalue weighted by molar-refractivity contribution is 0.414. The van der Waals surface area contributed by atoms with Crippen LogP contribution in [0.3, 0.4) is 0 Å². The van der Waals surface area contributed by atoms with E-state index in [0.29, 0.717) is 0 Å². The van der Waals surface area contributed by atoms with E-state index in [1.807, 2.05) is 30.7 Å². The Morgan fingerprint density at radius 2 is 2.19 bits per heavy atom. The van der Waals surface area contributed by atoms with Crippen LogP contribution in [0.15, 0.2) is 41.9 Å². The third-order valence-electron chi connectivity index (χ3n) is 3.69. The van der Waals surface area contributed by atoms with Crippen molar-refractivity contribution in [1.82, 2.24) is 20.2 Å². The van der Waals surface area contributed by atoms with Gasteiger partial charge in [-0.1, -0.05) is 17.7 Å². The lowest BCUT2D eigenvalue weighted by Crippen LogP contribution is -2.38. The molecule has 6 nitrogen and oxygen atoms in total. The maximum Gasteiger partial charge on any atom is 0.191 e. The van der Waals surface area contributed by atoms with Crippen molar-refractivity contribution < 1.29 is 4.74 Å². The van der Waals surface area contributed by atoms with Gasteiger partial charge in [0.1, 0.15) is 5.75 Å². The highest BCUT2D eigenvalue weighted by molar-refractivity contribution is 14.0. The van der Waals surface area contributed by atoms with Gasteiger partial charge in [-0.05, 0) is 37.5 Å². The molecule has 1 heterocycles. The molecular formula is C18H27ClIN5O. The van der Waals surface area contributed by atoms with Crippen molar-refractivity contribution >= 4 is 41.5 Å². The first kappa shape index (κ1) is 22.6. The zero-order chi connectivity index (χ0) is 17.9. The molecule has 1 aromatic heterocycles. The Hall–Kier alpha value is -1.48. The zero-order valence-electron chi connectivity index (χ0n) is 15.2. The van der Waals surface area contributed by atoms with E-state index >= 15 is 0 Å². The van der Waals surface area contributed by atoms with Gasteiger partial charge in [-0.15, -0.1) is 24.0 Å². The monoisotopic (exact) mass is 491 g/mol. The van der Waals surface area contributed by atoms with Gasteiger partial charge in [-0.3, -0.25) is 4.99 Å². The van der Waals surface area contributed by atoms with E-state index in [9.17, 15) is 0 Å². The molecule has 26 heavy (non-hydrogen) atoms. The summed E-state index contributed by atoms with van der Waals surface area (Å²) >= 11 is 6.27. The molecule has 2 N–H and O–H groups in total. The Morgan fingerprint density at radius 1 is 1.35 bits per heavy atom. The van der Waals surface area contributed by atoms with Crippen LogP contribution in [0.25, 0.3) is 0 Å². The Bertz CT molecular complexity index is 664. The van der Waals surface area contributed by atoms with Crippen LogP contribution in [0.2, 0.25) is 5.02 Å². The van der Waals surface area contributed by atoms with Crippen molar-refractivity contribution in [1.29, 1.82) is 0 Å². The third-order valence-corrected chi connectivity index (χ3v) is 4.05. The average molecular weight is 492 g/mol. The van der Waals surface area contributed by atoms with E-state index in [4.69, 9.17) is 16.3 Å². The Labute approximate surface area is 177 Å². The molecule has 2 aromatic rings. The topological polar surface area (TPSA) is 63.5 Å². The summed E-state index contributed by atoms with van der Waals surface area (Å²) in [6.45, 7) is 5.33. The summed E-state index contributed by atoms with van der Waals surface area (Å²) in [7, 11) is 1.64. The van der Waals surface area contributed by atoms with E-state index < -0.39 is 0 Å². The van der Waals surface area contributed by atoms with Crippen molar-refractivity contribution in [2.75, 3.05) is 26.7 Å². The Balaban J connectivity index is 0.00000338. The van der Waals surface area contributed by atoms with Gasteiger partial charge in [0.2, 0.25) is 0 Å². The number of imidazole rings is 1. The van der Waals surface area contributed by atoms with Gasteiger partial charge in [0.25, 0.3) is 0 Å². The highest BCUT2D eigenvalue weighted by Crippen LogP contribution is 2.22. The van der Waals surface area contributed by atoms with E-state index in [2.05, 4.69) is 32.1 Å². The van der Waals surface area contributed by atoms with Crippen LogP contribution >= 0.6 is 35.6 Å². The molecule has 1 aromatic carbocycles. The van der Waals surface area contributed by atoms with Gasteiger partial charge in [-0.2, -0.15) is 0 Å². The third kappa shape index (κ3) is 7.82. The molecule has 0 unspecified atom stereocenters. The number of aryl methyl sites for hydroxylation is 1. The highest BCUT2D eigenvalue weighted by Gasteiger charge is 2.03. The molecule has 144 valence electrons. The van der Waals surface area contributed by atoms with Gasteiger partial charge >= 0.3 is 0 Å². The molecule has 0 radical (unpaired) electrons. The van der Waals surface area contributed by atoms with Crippen molar-refractivity contribution in [2.45, 2.75) is 26.3 Å². The van der Waals surface area contributed by atoms with Gasteiger partial charge in [0, 0.05) is 43.6 Å². The number of hydrogen-bond donors (Lipinski definition) is 2. The standard InChI is InChI=1S/C18H26ClN5O.HI/c1-3-21-18(22-8-4-11-24-12-10-20-14-24)23-9-7-15-5-6-16(25-2)13-17(15)19;/h5-6,10,12-14H,3-4,7-9,11H2,1-2H3,(H2,21,22,23);1H. The summed E-state index contributed by atoms with van der Waals surface area (Å²) in [6.07, 6.45) is 7.37. The lowest BCUT2D eigenvalue weighted by atomic mass is 10.1. The van der Waals surface area contributed by atoms with Crippen molar-refractivity contribution in [3.05, 3.63) is 47.5 Å². The molecule has 0 aliphatic heterocycles. The maximum atomic E-state index is 6.27. The molecule has 2 rings (SSSR count). The van der Waals surface area contributed by atoms with Crippen molar-refractivity contribution in [3.8, 4) is 5.75 Å². The normalized spacial score (nSPS) is 11.0. The molecule has 0 bridgehead atoms. The lowest BCUT2D eigenvalue weighted by Gasteiger charge is -2.12. The second-order valence-corrected chi connectivity index (χ2v) is 5.96. The van der Waals surface area contributed by atoms with Gasteiger partial charge in [0.05, 0.1) is 13.4 Å². The molecule has 0 aliphatic rings. The fourth-order valence-corrected chi connectivity index (χ4v) is 2.64. The molecule has 8 heteroatoms. The minimum atomic E-state index is 0. The predicted octanol–water partition coefficient (Wildman–Crippen LogP) is 3.35. The minimum Gasteiger partial charge on any atom is -0.497 e. The fraction of sp³-hybridized carbons (Fsp3) is 0.444. The fourth-order valence-electron chi connectivity index (χ4n) is 2.38. The van der Waals surface area contributed by atoms with Crippen molar-refractivity contribution in [3.63, 3.8) is 0 Å². The first-order valence-electron chi connectivity index (χ1n) is 8.53. The van der Waals surface area contributed by atoms with Crippen LogP contribution in [0.1, 0.15) is 18.9 Å². The van der Waals surface area contributed by atoms with E-state index in [-0.39, 0.29) is 24.0 Å². The quantitative estimate of drug-likeness (QED) is 0.244. The van der Waals surface area contributed by atoms with E-state index in [1.54, 1.807) is 13.3 Å². The van der Waals surface area contributed by atoms with E-state index in [0.717, 1.165) is 61.3 Å². The number of rotatable bonds is 9. The second kappa shape index (κ2) is 12.8. The molecule has 0 amide bonds. The second-order valence-electron chi connectivity index (χ2n) is 5.55. The Morgan fingerprint density at radius 3 is 2.85 bits per heavy atom. The molecule has 0 saturated heterocycles. The van der Waals surface area contributed by atoms with Crippen molar-refractivity contribution in [2.24, 2.45) is 4.99 Å². The molecule has 0 saturated carbocycles. The highest BCUT2D eigenvalue weighted by atomic mass is 127. The molecule has 0 atom stereocenters. The molecule has 0 fully saturated rings. The number of guanidine groups is 1. The number of halogens is 2. The maximum absolute atomic E-state index is 6.27. The summed E-state index contributed by atoms with van der Waals surface area (Å²) in [5, 5.41) is 7.34. The zero-order valence-corrected chi connectivity index (χ0v) is 18.3. The summed E-state index contributed by atoms with van der Waals surface area (Å²) in [5.74, 6) is 1.60. The number of nitrogens with zero attached hydrogens (tertiary/aromatic N) is 3. The number of aliphatic imine (C=N–C) groups is 1. The van der Waals surface area contributed by atoms with Crippen LogP contribution in [0, 0.1) is 0 Å². The number of nitrogens with one attached hydrogen (secondary N) is 2. The number of ether oxygens (including phenoxy) is 1. The van der Waals surface area contributed by atoms with Crippen LogP contribution in [0.4, 0.5) is 0 Å². The van der Waals surface area contributed by atoms with Gasteiger partial charge in [0.15, 0.2) is 5.96 Å². The number of hydrogen-bond acceptors (Lipinski definition) is 3. The van der Waals surface area contributed by atoms with Gasteiger partial charge < -0.3 is 19.9 Å². The number of methoxy groups -OCH3 is 1.